The largest absolute Gasteiger partial charge is 0.360 e. The van der Waals surface area contributed by atoms with Gasteiger partial charge >= 0.3 is 0 Å². The molecule has 4 aromatic rings. The maximum absolute atomic E-state index is 13.6. The number of aromatic amines is 1. The first-order valence-electron chi connectivity index (χ1n) is 11.9. The fraction of sp³-hybridized carbons (Fsp3) is 0.250. The quantitative estimate of drug-likeness (QED) is 0.454. The van der Waals surface area contributed by atoms with E-state index in [1.54, 1.807) is 19.4 Å². The summed E-state index contributed by atoms with van der Waals surface area (Å²) in [5.41, 5.74) is 3.76. The van der Waals surface area contributed by atoms with Crippen LogP contribution < -0.4 is 5.32 Å². The summed E-state index contributed by atoms with van der Waals surface area (Å²) in [6.45, 7) is 1.68. The summed E-state index contributed by atoms with van der Waals surface area (Å²) in [5.74, 6) is -0.0937. The molecule has 35 heavy (non-hydrogen) atoms. The van der Waals surface area contributed by atoms with Crippen molar-refractivity contribution in [3.63, 3.8) is 0 Å². The van der Waals surface area contributed by atoms with Crippen molar-refractivity contribution in [3.05, 3.63) is 102 Å². The number of pyridine rings is 1. The van der Waals surface area contributed by atoms with Gasteiger partial charge in [-0.3, -0.25) is 19.5 Å². The van der Waals surface area contributed by atoms with Gasteiger partial charge in [-0.15, -0.1) is 0 Å². The minimum atomic E-state index is -0.142. The van der Waals surface area contributed by atoms with E-state index in [9.17, 15) is 9.59 Å². The van der Waals surface area contributed by atoms with Crippen LogP contribution in [0.5, 0.6) is 0 Å². The van der Waals surface area contributed by atoms with Crippen LogP contribution in [0.15, 0.2) is 85.3 Å². The van der Waals surface area contributed by atoms with E-state index < -0.39 is 0 Å². The third kappa shape index (κ3) is 4.68. The molecule has 7 heteroatoms. The lowest BCUT2D eigenvalue weighted by Crippen LogP contribution is -2.56. The number of aromatic nitrogens is 2. The molecule has 2 N–H and O–H groups in total. The average Bonchev–Trinajstić information content (AvgIpc) is 3.40. The smallest absolute Gasteiger partial charge is 0.256 e. The van der Waals surface area contributed by atoms with Crippen molar-refractivity contribution in [2.75, 3.05) is 26.7 Å². The van der Waals surface area contributed by atoms with E-state index in [1.165, 1.54) is 11.1 Å². The van der Waals surface area contributed by atoms with Crippen LogP contribution in [0, 0.1) is 0 Å². The summed E-state index contributed by atoms with van der Waals surface area (Å²) in [6, 6.07) is 22.5. The van der Waals surface area contributed by atoms with Crippen LogP contribution in [-0.2, 0) is 4.79 Å². The van der Waals surface area contributed by atoms with Crippen LogP contribution in [0.2, 0.25) is 0 Å². The molecule has 0 aliphatic carbocycles. The molecule has 2 aromatic heterocycles. The van der Waals surface area contributed by atoms with Crippen LogP contribution in [0.25, 0.3) is 10.9 Å². The van der Waals surface area contributed by atoms with Crippen LogP contribution in [0.4, 0.5) is 0 Å². The normalized spacial score (nSPS) is 16.5. The lowest BCUT2D eigenvalue weighted by molar-refractivity contribution is -0.122. The zero-order valence-electron chi connectivity index (χ0n) is 19.7. The van der Waals surface area contributed by atoms with Gasteiger partial charge in [0, 0.05) is 56.9 Å². The van der Waals surface area contributed by atoms with E-state index in [1.807, 2.05) is 53.6 Å². The molecule has 2 amide bonds. The second-order valence-corrected chi connectivity index (χ2v) is 8.87. The Morgan fingerprint density at radius 3 is 2.34 bits per heavy atom. The molecule has 0 bridgehead atoms. The molecule has 0 saturated carbocycles. The van der Waals surface area contributed by atoms with E-state index in [2.05, 4.69) is 44.5 Å². The number of benzene rings is 2. The van der Waals surface area contributed by atoms with Crippen LogP contribution >= 0.6 is 0 Å². The Labute approximate surface area is 204 Å². The number of hydrogen-bond donors (Lipinski definition) is 2. The number of carbonyl (C=O) groups excluding carboxylic acids is 2. The molecule has 1 aliphatic heterocycles. The number of nitrogens with one attached hydrogen (secondary N) is 2. The number of carbonyl (C=O) groups is 2. The van der Waals surface area contributed by atoms with Crippen LogP contribution in [0.1, 0.15) is 33.9 Å². The fourth-order valence-corrected chi connectivity index (χ4v) is 5.06. The van der Waals surface area contributed by atoms with Crippen molar-refractivity contribution in [2.45, 2.75) is 18.5 Å². The molecule has 1 atom stereocenters. The maximum Gasteiger partial charge on any atom is 0.256 e. The van der Waals surface area contributed by atoms with Crippen LogP contribution in [0.3, 0.4) is 0 Å². The summed E-state index contributed by atoms with van der Waals surface area (Å²) in [4.78, 5) is 37.7. The minimum absolute atomic E-state index is 0.0147. The molecule has 7 nitrogen and oxygen atoms in total. The van der Waals surface area contributed by atoms with Crippen molar-refractivity contribution >= 4 is 22.7 Å². The lowest BCUT2D eigenvalue weighted by Gasteiger charge is -2.45. The van der Waals surface area contributed by atoms with Gasteiger partial charge in [0.25, 0.3) is 5.91 Å². The van der Waals surface area contributed by atoms with E-state index >= 15 is 0 Å². The molecule has 1 saturated heterocycles. The Balaban J connectivity index is 1.48. The third-order valence-electron chi connectivity index (χ3n) is 6.78. The molecular weight excluding hydrogens is 438 g/mol. The van der Waals surface area contributed by atoms with Crippen molar-refractivity contribution < 1.29 is 9.59 Å². The number of hydrogen-bond acceptors (Lipinski definition) is 4. The number of nitrogens with zero attached hydrogens (tertiary/aromatic N) is 3. The predicted octanol–water partition coefficient (Wildman–Crippen LogP) is 3.62. The Bertz CT molecular complexity index is 1270. The molecule has 0 spiro atoms. The second kappa shape index (κ2) is 10.1. The van der Waals surface area contributed by atoms with E-state index in [0.29, 0.717) is 31.6 Å². The maximum atomic E-state index is 13.6. The molecule has 1 aliphatic rings. The van der Waals surface area contributed by atoms with Gasteiger partial charge < -0.3 is 15.2 Å². The molecule has 2 aromatic carbocycles. The highest BCUT2D eigenvalue weighted by Crippen LogP contribution is 2.33. The summed E-state index contributed by atoms with van der Waals surface area (Å²) < 4.78 is 0. The van der Waals surface area contributed by atoms with E-state index in [0.717, 1.165) is 10.9 Å². The third-order valence-corrected chi connectivity index (χ3v) is 6.78. The number of H-pyrrole nitrogens is 1. The van der Waals surface area contributed by atoms with Gasteiger partial charge in [0.15, 0.2) is 0 Å². The average molecular weight is 468 g/mol. The Kier molecular flexibility index (Phi) is 6.59. The first kappa shape index (κ1) is 22.8. The molecule has 5 rings (SSSR count). The topological polar surface area (TPSA) is 81.3 Å². The van der Waals surface area contributed by atoms with Gasteiger partial charge in [0.05, 0.1) is 23.3 Å². The van der Waals surface area contributed by atoms with Gasteiger partial charge in [0.2, 0.25) is 5.91 Å². The number of rotatable bonds is 6. The van der Waals surface area contributed by atoms with Gasteiger partial charge in [-0.05, 0) is 17.2 Å². The Morgan fingerprint density at radius 2 is 1.69 bits per heavy atom. The summed E-state index contributed by atoms with van der Waals surface area (Å²) >= 11 is 0. The predicted molar refractivity (Wildman–Crippen MR) is 136 cm³/mol. The molecule has 1 fully saturated rings. The zero-order valence-corrected chi connectivity index (χ0v) is 19.7. The van der Waals surface area contributed by atoms with E-state index in [-0.39, 0.29) is 23.9 Å². The minimum Gasteiger partial charge on any atom is -0.360 e. The molecular formula is C28H29N5O2. The van der Waals surface area contributed by atoms with Gasteiger partial charge in [-0.1, -0.05) is 60.7 Å². The SMILES string of the molecule is CNC(=O)C[C@@H]1CN(C(=O)c2cncc3[nH]ccc23)CCN1C(c1ccccc1)c1ccccc1. The Hall–Kier alpha value is -3.97. The second-order valence-electron chi connectivity index (χ2n) is 8.87. The first-order chi connectivity index (χ1) is 17.2. The van der Waals surface area contributed by atoms with Gasteiger partial charge in [-0.25, -0.2) is 0 Å². The fourth-order valence-electron chi connectivity index (χ4n) is 5.06. The highest BCUT2D eigenvalue weighted by Gasteiger charge is 2.36. The standard InChI is InChI=1S/C28H29N5O2/c1-29-26(34)16-22-19-32(28(35)24-17-30-18-25-23(24)12-13-31-25)14-15-33(22)27(20-8-4-2-5-9-20)21-10-6-3-7-11-21/h2-13,17-18,22,27,31H,14-16,19H2,1H3,(H,29,34)/t22-/m1/s1. The lowest BCUT2D eigenvalue weighted by atomic mass is 9.93. The highest BCUT2D eigenvalue weighted by atomic mass is 16.2. The molecule has 0 radical (unpaired) electrons. The number of piperazine rings is 1. The molecule has 178 valence electrons. The van der Waals surface area contributed by atoms with Crippen molar-refractivity contribution in [1.29, 1.82) is 0 Å². The van der Waals surface area contributed by atoms with Gasteiger partial charge in [0.1, 0.15) is 0 Å². The highest BCUT2D eigenvalue weighted by molar-refractivity contribution is 6.05. The summed E-state index contributed by atoms with van der Waals surface area (Å²) in [6.07, 6.45) is 5.49. The first-order valence-corrected chi connectivity index (χ1v) is 11.9. The van der Waals surface area contributed by atoms with E-state index in [4.69, 9.17) is 0 Å². The Morgan fingerprint density at radius 1 is 1.00 bits per heavy atom. The zero-order chi connectivity index (χ0) is 24.2. The van der Waals surface area contributed by atoms with Crippen molar-refractivity contribution in [1.82, 2.24) is 25.1 Å². The van der Waals surface area contributed by atoms with Crippen molar-refractivity contribution in [2.24, 2.45) is 0 Å². The summed E-state index contributed by atoms with van der Waals surface area (Å²) in [7, 11) is 1.66. The molecule has 3 heterocycles. The monoisotopic (exact) mass is 467 g/mol. The van der Waals surface area contributed by atoms with Crippen LogP contribution in [-0.4, -0.2) is 64.3 Å². The number of amides is 2. The molecule has 0 unspecified atom stereocenters. The number of fused-ring (bicyclic) bond motifs is 1. The van der Waals surface area contributed by atoms with Crippen molar-refractivity contribution in [3.8, 4) is 0 Å². The van der Waals surface area contributed by atoms with Gasteiger partial charge in [-0.2, -0.15) is 0 Å². The summed E-state index contributed by atoms with van der Waals surface area (Å²) in [5, 5.41) is 3.63.